The minimum Gasteiger partial charge on any atom is -0.303 e. The number of nitrogens with zero attached hydrogens (tertiary/aromatic N) is 2. The summed E-state index contributed by atoms with van der Waals surface area (Å²) in [6, 6.07) is 5.34. The highest BCUT2D eigenvalue weighted by atomic mass is 32.2. The van der Waals surface area contributed by atoms with Crippen LogP contribution in [0.5, 0.6) is 0 Å². The number of carbonyl (C=O) groups excluding carboxylic acids is 1. The molecule has 0 N–H and O–H groups in total. The molecule has 1 heterocycles. The molecule has 0 bridgehead atoms. The standard InChI is InChI=1S/C12H15FN2O3S/c13-11-3-5-12(6-4-11)15-9-1-7-14(8-2-10-16)19(15,17)18/h3-6,10H,1-2,7-9H2. The van der Waals surface area contributed by atoms with Gasteiger partial charge < -0.3 is 4.79 Å². The summed E-state index contributed by atoms with van der Waals surface area (Å²) < 4.78 is 40.1. The molecule has 1 aliphatic rings. The smallest absolute Gasteiger partial charge is 0.303 e. The second-order valence-electron chi connectivity index (χ2n) is 4.26. The van der Waals surface area contributed by atoms with E-state index >= 15 is 0 Å². The normalized spacial score (nSPS) is 19.3. The molecule has 1 aromatic carbocycles. The lowest BCUT2D eigenvalue weighted by molar-refractivity contribution is -0.107. The molecule has 0 aliphatic carbocycles. The van der Waals surface area contributed by atoms with Gasteiger partial charge in [0.2, 0.25) is 0 Å². The van der Waals surface area contributed by atoms with Gasteiger partial charge in [-0.2, -0.15) is 12.7 Å². The molecule has 0 radical (unpaired) electrons. The second kappa shape index (κ2) is 5.66. The summed E-state index contributed by atoms with van der Waals surface area (Å²) in [6.07, 6.45) is 1.55. The van der Waals surface area contributed by atoms with Crippen LogP contribution in [0.15, 0.2) is 24.3 Å². The van der Waals surface area contributed by atoms with E-state index in [0.29, 0.717) is 31.5 Å². The highest BCUT2D eigenvalue weighted by Crippen LogP contribution is 2.24. The molecule has 0 saturated carbocycles. The molecular formula is C12H15FN2O3S. The summed E-state index contributed by atoms with van der Waals surface area (Å²) in [7, 11) is -3.62. The Labute approximate surface area is 111 Å². The summed E-state index contributed by atoms with van der Waals surface area (Å²) in [5.41, 5.74) is 0.442. The largest absolute Gasteiger partial charge is 0.304 e. The molecule has 7 heteroatoms. The van der Waals surface area contributed by atoms with Crippen LogP contribution in [0.3, 0.4) is 0 Å². The molecule has 2 rings (SSSR count). The number of hydrogen-bond acceptors (Lipinski definition) is 3. The fraction of sp³-hybridized carbons (Fsp3) is 0.417. The molecule has 0 aromatic heterocycles. The van der Waals surface area contributed by atoms with E-state index in [1.807, 2.05) is 0 Å². The molecule has 0 amide bonds. The SMILES string of the molecule is O=CCCN1CCCN(c2ccc(F)cc2)S1(=O)=O. The van der Waals surface area contributed by atoms with E-state index in [4.69, 9.17) is 0 Å². The van der Waals surface area contributed by atoms with Gasteiger partial charge in [0.05, 0.1) is 5.69 Å². The van der Waals surface area contributed by atoms with Gasteiger partial charge >= 0.3 is 10.2 Å². The van der Waals surface area contributed by atoms with Crippen molar-refractivity contribution < 1.29 is 17.6 Å². The van der Waals surface area contributed by atoms with E-state index in [1.54, 1.807) is 0 Å². The highest BCUT2D eigenvalue weighted by molar-refractivity contribution is 7.90. The number of hydrogen-bond donors (Lipinski definition) is 0. The lowest BCUT2D eigenvalue weighted by Gasteiger charge is -2.35. The van der Waals surface area contributed by atoms with Crippen molar-refractivity contribution in [3.63, 3.8) is 0 Å². The summed E-state index contributed by atoms with van der Waals surface area (Å²) in [5.74, 6) is -0.407. The molecule has 0 spiro atoms. The fourth-order valence-electron chi connectivity index (χ4n) is 2.05. The molecule has 1 aromatic rings. The number of halogens is 1. The first-order valence-corrected chi connectivity index (χ1v) is 7.42. The van der Waals surface area contributed by atoms with E-state index in [0.717, 1.165) is 0 Å². The molecule has 0 unspecified atom stereocenters. The second-order valence-corrected chi connectivity index (χ2v) is 6.12. The fourth-order valence-corrected chi connectivity index (χ4v) is 3.78. The van der Waals surface area contributed by atoms with Crippen LogP contribution in [0.25, 0.3) is 0 Å². The summed E-state index contributed by atoms with van der Waals surface area (Å²) >= 11 is 0. The average molecular weight is 286 g/mol. The van der Waals surface area contributed by atoms with Crippen LogP contribution in [0, 0.1) is 5.82 Å². The quantitative estimate of drug-likeness (QED) is 0.781. The monoisotopic (exact) mass is 286 g/mol. The van der Waals surface area contributed by atoms with E-state index in [9.17, 15) is 17.6 Å². The third kappa shape index (κ3) is 2.93. The molecule has 5 nitrogen and oxygen atoms in total. The molecule has 19 heavy (non-hydrogen) atoms. The van der Waals surface area contributed by atoms with Crippen LogP contribution in [-0.2, 0) is 15.0 Å². The van der Waals surface area contributed by atoms with Crippen molar-refractivity contribution >= 4 is 22.2 Å². The molecule has 1 saturated heterocycles. The van der Waals surface area contributed by atoms with Crippen LogP contribution in [-0.4, -0.2) is 38.6 Å². The van der Waals surface area contributed by atoms with Crippen molar-refractivity contribution in [3.05, 3.63) is 30.1 Å². The Balaban J connectivity index is 2.25. The molecule has 1 aliphatic heterocycles. The van der Waals surface area contributed by atoms with Gasteiger partial charge in [0, 0.05) is 26.1 Å². The third-order valence-electron chi connectivity index (χ3n) is 2.98. The zero-order valence-electron chi connectivity index (χ0n) is 10.3. The van der Waals surface area contributed by atoms with Gasteiger partial charge in [-0.15, -0.1) is 0 Å². The summed E-state index contributed by atoms with van der Waals surface area (Å²) in [5, 5.41) is 0. The Morgan fingerprint density at radius 1 is 1.21 bits per heavy atom. The van der Waals surface area contributed by atoms with Gasteiger partial charge in [-0.05, 0) is 30.7 Å². The molecule has 104 valence electrons. The van der Waals surface area contributed by atoms with Crippen molar-refractivity contribution in [2.24, 2.45) is 0 Å². The van der Waals surface area contributed by atoms with Crippen molar-refractivity contribution in [2.75, 3.05) is 23.9 Å². The number of benzene rings is 1. The topological polar surface area (TPSA) is 57.7 Å². The van der Waals surface area contributed by atoms with Crippen molar-refractivity contribution in [3.8, 4) is 0 Å². The lowest BCUT2D eigenvalue weighted by Crippen LogP contribution is -2.50. The minimum atomic E-state index is -3.62. The highest BCUT2D eigenvalue weighted by Gasteiger charge is 2.33. The molecule has 0 atom stereocenters. The number of carbonyl (C=O) groups is 1. The average Bonchev–Trinajstić information content (AvgIpc) is 2.38. The first-order valence-electron chi connectivity index (χ1n) is 6.03. The van der Waals surface area contributed by atoms with Gasteiger partial charge in [-0.1, -0.05) is 0 Å². The zero-order chi connectivity index (χ0) is 13.9. The van der Waals surface area contributed by atoms with Crippen molar-refractivity contribution in [1.82, 2.24) is 4.31 Å². The Morgan fingerprint density at radius 2 is 1.89 bits per heavy atom. The van der Waals surface area contributed by atoms with E-state index in [2.05, 4.69) is 0 Å². The summed E-state index contributed by atoms with van der Waals surface area (Å²) in [6.45, 7) is 0.961. The van der Waals surface area contributed by atoms with Crippen LogP contribution < -0.4 is 4.31 Å². The Hall–Kier alpha value is -1.47. The van der Waals surface area contributed by atoms with Gasteiger partial charge in [-0.3, -0.25) is 4.31 Å². The van der Waals surface area contributed by atoms with Gasteiger partial charge in [0.1, 0.15) is 12.1 Å². The Kier molecular flexibility index (Phi) is 4.16. The summed E-state index contributed by atoms with van der Waals surface area (Å²) in [4.78, 5) is 10.4. The van der Waals surface area contributed by atoms with Crippen LogP contribution >= 0.6 is 0 Å². The third-order valence-corrected chi connectivity index (χ3v) is 4.95. The van der Waals surface area contributed by atoms with Crippen molar-refractivity contribution in [2.45, 2.75) is 12.8 Å². The van der Waals surface area contributed by atoms with E-state index in [-0.39, 0.29) is 13.0 Å². The van der Waals surface area contributed by atoms with Crippen LogP contribution in [0.4, 0.5) is 10.1 Å². The predicted molar refractivity (Wildman–Crippen MR) is 69.5 cm³/mol. The molecular weight excluding hydrogens is 271 g/mol. The van der Waals surface area contributed by atoms with E-state index in [1.165, 1.54) is 32.9 Å². The maximum Gasteiger partial charge on any atom is 0.304 e. The number of aldehydes is 1. The van der Waals surface area contributed by atoms with Gasteiger partial charge in [-0.25, -0.2) is 4.39 Å². The number of anilines is 1. The van der Waals surface area contributed by atoms with Gasteiger partial charge in [0.25, 0.3) is 0 Å². The Bertz CT molecular complexity index is 545. The van der Waals surface area contributed by atoms with Crippen LogP contribution in [0.1, 0.15) is 12.8 Å². The first kappa shape index (κ1) is 14.0. The van der Waals surface area contributed by atoms with Gasteiger partial charge in [0.15, 0.2) is 0 Å². The predicted octanol–water partition coefficient (Wildman–Crippen LogP) is 1.17. The van der Waals surface area contributed by atoms with Crippen LogP contribution in [0.2, 0.25) is 0 Å². The molecule has 1 fully saturated rings. The lowest BCUT2D eigenvalue weighted by atomic mass is 10.3. The minimum absolute atomic E-state index is 0.177. The maximum absolute atomic E-state index is 12.9. The van der Waals surface area contributed by atoms with Crippen molar-refractivity contribution in [1.29, 1.82) is 0 Å². The number of rotatable bonds is 4. The maximum atomic E-state index is 12.9. The Morgan fingerprint density at radius 3 is 2.53 bits per heavy atom. The van der Waals surface area contributed by atoms with E-state index < -0.39 is 16.0 Å². The first-order chi connectivity index (χ1) is 9.05. The zero-order valence-corrected chi connectivity index (χ0v) is 11.1.